The van der Waals surface area contributed by atoms with Crippen LogP contribution in [0.2, 0.25) is 0 Å². The molecule has 2 aromatic heterocycles. The van der Waals surface area contributed by atoms with Gasteiger partial charge in [-0.05, 0) is 49.7 Å². The van der Waals surface area contributed by atoms with Crippen LogP contribution in [-0.4, -0.2) is 39.6 Å². The van der Waals surface area contributed by atoms with Crippen molar-refractivity contribution < 1.29 is 13.2 Å². The molecule has 0 N–H and O–H groups in total. The number of nitrogens with zero attached hydrogens (tertiary/aromatic N) is 5. The zero-order chi connectivity index (χ0) is 27.1. The van der Waals surface area contributed by atoms with Crippen LogP contribution in [0.1, 0.15) is 36.7 Å². The first-order valence-electron chi connectivity index (χ1n) is 12.3. The lowest BCUT2D eigenvalue weighted by atomic mass is 9.93. The van der Waals surface area contributed by atoms with Gasteiger partial charge in [0.15, 0.2) is 0 Å². The molecule has 0 spiro atoms. The molecule has 0 aliphatic carbocycles. The molecule has 3 atom stereocenters. The SMILES string of the molecule is C[C@@H]1CN(c2c(F)c(=O)n(C)c3ccc(C#N)nc23)[C@@H](C)CN1C(c1ccc(F)cc1)c1ccccc1F. The molecular formula is C29H26F3N5O. The van der Waals surface area contributed by atoms with Crippen LogP contribution in [0.5, 0.6) is 0 Å². The van der Waals surface area contributed by atoms with E-state index in [-0.39, 0.29) is 40.6 Å². The smallest absolute Gasteiger partial charge is 0.289 e. The van der Waals surface area contributed by atoms with Crippen molar-refractivity contribution in [2.75, 3.05) is 18.0 Å². The lowest BCUT2D eigenvalue weighted by molar-refractivity contribution is 0.127. The van der Waals surface area contributed by atoms with E-state index < -0.39 is 17.4 Å². The number of anilines is 1. The Morgan fingerprint density at radius 3 is 2.37 bits per heavy atom. The quantitative estimate of drug-likeness (QED) is 0.385. The predicted octanol–water partition coefficient (Wildman–Crippen LogP) is 4.91. The third-order valence-corrected chi connectivity index (χ3v) is 7.31. The summed E-state index contributed by atoms with van der Waals surface area (Å²) in [6, 6.07) is 16.5. The second-order valence-corrected chi connectivity index (χ2v) is 9.73. The van der Waals surface area contributed by atoms with E-state index in [2.05, 4.69) is 9.88 Å². The van der Waals surface area contributed by atoms with E-state index in [4.69, 9.17) is 0 Å². The van der Waals surface area contributed by atoms with Crippen molar-refractivity contribution >= 4 is 16.7 Å². The van der Waals surface area contributed by atoms with Crippen LogP contribution in [0.25, 0.3) is 11.0 Å². The standard InChI is InChI=1S/C29H26F3N5O/c1-17-16-37(28-25(32)29(38)35(3)24-13-12-21(14-33)34-26(24)28)18(2)15-36(17)27(19-8-10-20(30)11-9-19)22-6-4-5-7-23(22)31/h4-13,17-18,27H,15-16H2,1-3H3/t17-,18+,27?/m1/s1. The van der Waals surface area contributed by atoms with E-state index in [9.17, 15) is 14.4 Å². The summed E-state index contributed by atoms with van der Waals surface area (Å²) < 4.78 is 45.6. The number of pyridine rings is 2. The molecule has 1 saturated heterocycles. The zero-order valence-corrected chi connectivity index (χ0v) is 21.2. The van der Waals surface area contributed by atoms with Gasteiger partial charge in [-0.2, -0.15) is 9.65 Å². The zero-order valence-electron chi connectivity index (χ0n) is 21.2. The maximum Gasteiger partial charge on any atom is 0.289 e. The van der Waals surface area contributed by atoms with Gasteiger partial charge in [-0.25, -0.2) is 13.8 Å². The van der Waals surface area contributed by atoms with Crippen LogP contribution < -0.4 is 10.5 Å². The van der Waals surface area contributed by atoms with E-state index in [0.717, 1.165) is 5.56 Å². The van der Waals surface area contributed by atoms with Crippen molar-refractivity contribution in [3.63, 3.8) is 0 Å². The molecule has 194 valence electrons. The fourth-order valence-electron chi connectivity index (χ4n) is 5.40. The number of rotatable bonds is 4. The number of hydrogen-bond donors (Lipinski definition) is 0. The largest absolute Gasteiger partial charge is 0.362 e. The molecule has 5 rings (SSSR count). The molecule has 0 radical (unpaired) electrons. The minimum Gasteiger partial charge on any atom is -0.362 e. The first kappa shape index (κ1) is 25.5. The predicted molar refractivity (Wildman–Crippen MR) is 139 cm³/mol. The van der Waals surface area contributed by atoms with Crippen LogP contribution in [0, 0.1) is 28.8 Å². The number of benzene rings is 2. The van der Waals surface area contributed by atoms with Crippen LogP contribution in [0.15, 0.2) is 65.5 Å². The van der Waals surface area contributed by atoms with Gasteiger partial charge in [0.25, 0.3) is 5.56 Å². The number of fused-ring (bicyclic) bond motifs is 1. The minimum atomic E-state index is -0.931. The summed E-state index contributed by atoms with van der Waals surface area (Å²) in [7, 11) is 1.47. The van der Waals surface area contributed by atoms with Gasteiger partial charge in [0.2, 0.25) is 5.82 Å². The summed E-state index contributed by atoms with van der Waals surface area (Å²) >= 11 is 0. The number of aromatic nitrogens is 2. The highest BCUT2D eigenvalue weighted by molar-refractivity contribution is 5.89. The fourth-order valence-corrected chi connectivity index (χ4v) is 5.40. The van der Waals surface area contributed by atoms with Gasteiger partial charge in [-0.15, -0.1) is 0 Å². The molecule has 3 heterocycles. The molecular weight excluding hydrogens is 491 g/mol. The highest BCUT2D eigenvalue weighted by atomic mass is 19.1. The van der Waals surface area contributed by atoms with E-state index >= 15 is 8.78 Å². The van der Waals surface area contributed by atoms with Crippen molar-refractivity contribution in [1.29, 1.82) is 5.26 Å². The van der Waals surface area contributed by atoms with E-state index in [1.54, 1.807) is 41.3 Å². The Balaban J connectivity index is 1.60. The molecule has 0 saturated carbocycles. The van der Waals surface area contributed by atoms with Crippen molar-refractivity contribution in [3.05, 3.63) is 105 Å². The van der Waals surface area contributed by atoms with Gasteiger partial charge in [-0.3, -0.25) is 9.69 Å². The Labute approximate surface area is 218 Å². The second kappa shape index (κ2) is 9.95. The van der Waals surface area contributed by atoms with E-state index in [1.165, 1.54) is 35.9 Å². The third-order valence-electron chi connectivity index (χ3n) is 7.31. The monoisotopic (exact) mass is 517 g/mol. The maximum absolute atomic E-state index is 15.6. The number of nitriles is 1. The molecule has 0 amide bonds. The van der Waals surface area contributed by atoms with Crippen LogP contribution >= 0.6 is 0 Å². The maximum atomic E-state index is 15.6. The Bertz CT molecular complexity index is 1610. The topological polar surface area (TPSA) is 65.2 Å². The summed E-state index contributed by atoms with van der Waals surface area (Å²) in [5.41, 5.74) is 1.24. The Morgan fingerprint density at radius 1 is 0.974 bits per heavy atom. The van der Waals surface area contributed by atoms with Crippen molar-refractivity contribution in [1.82, 2.24) is 14.5 Å². The van der Waals surface area contributed by atoms with Gasteiger partial charge in [-0.1, -0.05) is 30.3 Å². The lowest BCUT2D eigenvalue weighted by Gasteiger charge is -2.48. The first-order chi connectivity index (χ1) is 18.2. The number of piperazine rings is 1. The van der Waals surface area contributed by atoms with Crippen molar-refractivity contribution in [2.45, 2.75) is 32.0 Å². The average Bonchev–Trinajstić information content (AvgIpc) is 2.91. The molecule has 9 heteroatoms. The van der Waals surface area contributed by atoms with Gasteiger partial charge in [0, 0.05) is 37.8 Å². The fraction of sp³-hybridized carbons (Fsp3) is 0.276. The summed E-state index contributed by atoms with van der Waals surface area (Å²) in [5, 5.41) is 9.39. The third kappa shape index (κ3) is 4.31. The summed E-state index contributed by atoms with van der Waals surface area (Å²) in [4.78, 5) is 21.1. The molecule has 2 aromatic carbocycles. The molecule has 6 nitrogen and oxygen atoms in total. The van der Waals surface area contributed by atoms with Gasteiger partial charge in [0.1, 0.15) is 34.6 Å². The van der Waals surface area contributed by atoms with E-state index in [1.807, 2.05) is 19.9 Å². The number of hydrogen-bond acceptors (Lipinski definition) is 5. The molecule has 4 aromatic rings. The Kier molecular flexibility index (Phi) is 6.67. The molecule has 38 heavy (non-hydrogen) atoms. The van der Waals surface area contributed by atoms with Crippen molar-refractivity contribution in [2.24, 2.45) is 7.05 Å². The van der Waals surface area contributed by atoms with Gasteiger partial charge >= 0.3 is 0 Å². The number of halogens is 3. The van der Waals surface area contributed by atoms with E-state index in [0.29, 0.717) is 24.2 Å². The molecule has 1 fully saturated rings. The molecule has 1 unspecified atom stereocenters. The molecule has 0 bridgehead atoms. The Morgan fingerprint density at radius 2 is 1.68 bits per heavy atom. The Hall–Kier alpha value is -4.16. The summed E-state index contributed by atoms with van der Waals surface area (Å²) in [5.74, 6) is -1.69. The highest BCUT2D eigenvalue weighted by Crippen LogP contribution is 2.37. The average molecular weight is 518 g/mol. The first-order valence-corrected chi connectivity index (χ1v) is 12.3. The van der Waals surface area contributed by atoms with Gasteiger partial charge < -0.3 is 9.47 Å². The molecule has 1 aliphatic rings. The highest BCUT2D eigenvalue weighted by Gasteiger charge is 2.38. The van der Waals surface area contributed by atoms with Crippen molar-refractivity contribution in [3.8, 4) is 6.07 Å². The van der Waals surface area contributed by atoms with Crippen LogP contribution in [0.3, 0.4) is 0 Å². The lowest BCUT2D eigenvalue weighted by Crippen LogP contribution is -2.58. The normalized spacial score (nSPS) is 18.9. The second-order valence-electron chi connectivity index (χ2n) is 9.73. The minimum absolute atomic E-state index is 0.0587. The van der Waals surface area contributed by atoms with Gasteiger partial charge in [0.05, 0.1) is 11.6 Å². The number of aryl methyl sites for hydroxylation is 1. The summed E-state index contributed by atoms with van der Waals surface area (Å²) in [6.45, 7) is 4.56. The summed E-state index contributed by atoms with van der Waals surface area (Å²) in [6.07, 6.45) is 0. The van der Waals surface area contributed by atoms with Crippen LogP contribution in [-0.2, 0) is 7.05 Å². The van der Waals surface area contributed by atoms with Crippen LogP contribution in [0.4, 0.5) is 18.9 Å². The molecule has 1 aliphatic heterocycles.